The number of carbonyl (C=O) groups excluding carboxylic acids is 1. The maximum absolute atomic E-state index is 13.2. The van der Waals surface area contributed by atoms with Crippen molar-refractivity contribution in [3.8, 4) is 0 Å². The van der Waals surface area contributed by atoms with Gasteiger partial charge in [0.15, 0.2) is 0 Å². The Balaban J connectivity index is 1.33. The highest BCUT2D eigenvalue weighted by Gasteiger charge is 2.27. The van der Waals surface area contributed by atoms with Crippen LogP contribution in [0.5, 0.6) is 0 Å². The van der Waals surface area contributed by atoms with Crippen molar-refractivity contribution in [1.29, 1.82) is 0 Å². The molecule has 5 nitrogen and oxygen atoms in total. The number of piperidine rings is 1. The molecule has 0 unspecified atom stereocenters. The van der Waals surface area contributed by atoms with Crippen LogP contribution in [-0.4, -0.2) is 35.5 Å². The van der Waals surface area contributed by atoms with Crippen LogP contribution in [0.25, 0.3) is 10.2 Å². The van der Waals surface area contributed by atoms with Gasteiger partial charge >= 0.3 is 0 Å². The fourth-order valence-corrected chi connectivity index (χ4v) is 4.92. The number of nitrogens with zero attached hydrogens (tertiary/aromatic N) is 3. The number of carbonyl (C=O) groups is 1. The molecule has 1 aromatic carbocycles. The first-order chi connectivity index (χ1) is 14.0. The van der Waals surface area contributed by atoms with Crippen LogP contribution in [0.1, 0.15) is 28.8 Å². The Labute approximate surface area is 174 Å². The molecule has 7 heteroatoms. The van der Waals surface area contributed by atoms with Crippen LogP contribution >= 0.6 is 11.3 Å². The number of hydrogen-bond donors (Lipinski definition) is 1. The number of amides is 1. The summed E-state index contributed by atoms with van der Waals surface area (Å²) >= 11 is 1.71. The summed E-state index contributed by atoms with van der Waals surface area (Å²) in [5, 5.41) is 4.16. The zero-order chi connectivity index (χ0) is 20.4. The monoisotopic (exact) mass is 412 g/mol. The Morgan fingerprint density at radius 1 is 1.28 bits per heavy atom. The van der Waals surface area contributed by atoms with Gasteiger partial charge in [-0.3, -0.25) is 4.79 Å². The Bertz CT molecular complexity index is 1030. The molecular formula is C22H25FN4OS. The molecule has 1 fully saturated rings. The second-order valence-corrected chi connectivity index (χ2v) is 8.80. The molecule has 152 valence electrons. The number of thiophene rings is 1. The van der Waals surface area contributed by atoms with E-state index in [1.165, 1.54) is 22.6 Å². The van der Waals surface area contributed by atoms with E-state index in [2.05, 4.69) is 34.0 Å². The van der Waals surface area contributed by atoms with Crippen LogP contribution < -0.4 is 10.2 Å². The van der Waals surface area contributed by atoms with Gasteiger partial charge in [0.1, 0.15) is 22.8 Å². The maximum Gasteiger partial charge on any atom is 0.223 e. The number of benzene rings is 1. The summed E-state index contributed by atoms with van der Waals surface area (Å²) in [7, 11) is 0. The summed E-state index contributed by atoms with van der Waals surface area (Å²) in [6.07, 6.45) is 3.88. The molecule has 1 amide bonds. The van der Waals surface area contributed by atoms with Gasteiger partial charge in [-0.25, -0.2) is 14.4 Å². The van der Waals surface area contributed by atoms with E-state index in [0.29, 0.717) is 13.0 Å². The topological polar surface area (TPSA) is 58.1 Å². The summed E-state index contributed by atoms with van der Waals surface area (Å²) in [5.74, 6) is 0.857. The third-order valence-electron chi connectivity index (χ3n) is 5.71. The number of halogens is 1. The number of aromatic nitrogens is 2. The van der Waals surface area contributed by atoms with Crippen LogP contribution in [-0.2, 0) is 11.2 Å². The molecule has 1 N–H and O–H groups in total. The first kappa shape index (κ1) is 19.8. The standard InChI is InChI=1S/C22H25FN4OS/c1-14-15(2)29-22-19(14)20(25-13-26-22)27-10-7-17(8-11-27)21(28)24-9-6-16-4-3-5-18(23)12-16/h3-5,12-13,17H,6-11H2,1-2H3,(H,24,28). The molecule has 3 heterocycles. The molecule has 0 atom stereocenters. The number of anilines is 1. The number of rotatable bonds is 5. The summed E-state index contributed by atoms with van der Waals surface area (Å²) in [6.45, 7) is 6.39. The van der Waals surface area contributed by atoms with E-state index in [0.717, 1.165) is 47.5 Å². The minimum Gasteiger partial charge on any atom is -0.356 e. The highest BCUT2D eigenvalue weighted by atomic mass is 32.1. The molecule has 0 spiro atoms. The van der Waals surface area contributed by atoms with Gasteiger partial charge in [0.05, 0.1) is 5.39 Å². The Hall–Kier alpha value is -2.54. The number of aryl methyl sites for hydroxylation is 2. The first-order valence-corrected chi connectivity index (χ1v) is 10.8. The Kier molecular flexibility index (Phi) is 5.76. The molecule has 4 rings (SSSR count). The van der Waals surface area contributed by atoms with E-state index in [1.54, 1.807) is 23.7 Å². The molecule has 0 saturated carbocycles. The van der Waals surface area contributed by atoms with Crippen molar-refractivity contribution in [3.05, 3.63) is 52.4 Å². The van der Waals surface area contributed by atoms with Gasteiger partial charge in [0, 0.05) is 30.4 Å². The molecule has 29 heavy (non-hydrogen) atoms. The molecule has 1 saturated heterocycles. The predicted molar refractivity (Wildman–Crippen MR) is 115 cm³/mol. The third kappa shape index (κ3) is 4.24. The zero-order valence-electron chi connectivity index (χ0n) is 16.7. The molecule has 3 aromatic rings. The largest absolute Gasteiger partial charge is 0.356 e. The Morgan fingerprint density at radius 3 is 2.83 bits per heavy atom. The molecular weight excluding hydrogens is 387 g/mol. The second kappa shape index (κ2) is 8.45. The lowest BCUT2D eigenvalue weighted by atomic mass is 9.95. The minimum atomic E-state index is -0.240. The van der Waals surface area contributed by atoms with Crippen molar-refractivity contribution in [2.75, 3.05) is 24.5 Å². The van der Waals surface area contributed by atoms with Gasteiger partial charge in [-0.15, -0.1) is 11.3 Å². The quantitative estimate of drug-likeness (QED) is 0.688. The lowest BCUT2D eigenvalue weighted by Gasteiger charge is -2.32. The van der Waals surface area contributed by atoms with E-state index in [-0.39, 0.29) is 17.6 Å². The number of hydrogen-bond acceptors (Lipinski definition) is 5. The molecule has 0 aliphatic carbocycles. The molecule has 1 aliphatic rings. The smallest absolute Gasteiger partial charge is 0.223 e. The summed E-state index contributed by atoms with van der Waals surface area (Å²) < 4.78 is 13.2. The maximum atomic E-state index is 13.2. The van der Waals surface area contributed by atoms with Crippen molar-refractivity contribution in [3.63, 3.8) is 0 Å². The average Bonchev–Trinajstić information content (AvgIpc) is 3.02. The van der Waals surface area contributed by atoms with E-state index < -0.39 is 0 Å². The number of nitrogens with one attached hydrogen (secondary N) is 1. The highest BCUT2D eigenvalue weighted by Crippen LogP contribution is 2.35. The molecule has 0 bridgehead atoms. The van der Waals surface area contributed by atoms with Gasteiger partial charge in [-0.2, -0.15) is 0 Å². The van der Waals surface area contributed by atoms with Crippen LogP contribution in [0.15, 0.2) is 30.6 Å². The van der Waals surface area contributed by atoms with E-state index in [1.807, 2.05) is 6.07 Å². The van der Waals surface area contributed by atoms with Crippen molar-refractivity contribution in [1.82, 2.24) is 15.3 Å². The SMILES string of the molecule is Cc1sc2ncnc(N3CCC(C(=O)NCCc4cccc(F)c4)CC3)c2c1C. The third-order valence-corrected chi connectivity index (χ3v) is 6.83. The summed E-state index contributed by atoms with van der Waals surface area (Å²) in [6, 6.07) is 6.52. The van der Waals surface area contributed by atoms with E-state index in [9.17, 15) is 9.18 Å². The zero-order valence-corrected chi connectivity index (χ0v) is 17.6. The van der Waals surface area contributed by atoms with E-state index in [4.69, 9.17) is 0 Å². The van der Waals surface area contributed by atoms with Crippen molar-refractivity contribution in [2.45, 2.75) is 33.1 Å². The van der Waals surface area contributed by atoms with Crippen molar-refractivity contribution < 1.29 is 9.18 Å². The lowest BCUT2D eigenvalue weighted by Crippen LogP contribution is -2.41. The van der Waals surface area contributed by atoms with Crippen LogP contribution in [0, 0.1) is 25.6 Å². The molecule has 2 aromatic heterocycles. The van der Waals surface area contributed by atoms with Crippen LogP contribution in [0.4, 0.5) is 10.2 Å². The van der Waals surface area contributed by atoms with Gasteiger partial charge < -0.3 is 10.2 Å². The fraction of sp³-hybridized carbons (Fsp3) is 0.409. The van der Waals surface area contributed by atoms with E-state index >= 15 is 0 Å². The number of fused-ring (bicyclic) bond motifs is 1. The van der Waals surface area contributed by atoms with Crippen LogP contribution in [0.3, 0.4) is 0 Å². The highest BCUT2D eigenvalue weighted by molar-refractivity contribution is 7.18. The Morgan fingerprint density at radius 2 is 2.07 bits per heavy atom. The van der Waals surface area contributed by atoms with Gasteiger partial charge in [-0.1, -0.05) is 12.1 Å². The van der Waals surface area contributed by atoms with Gasteiger partial charge in [0.25, 0.3) is 0 Å². The van der Waals surface area contributed by atoms with Crippen molar-refractivity contribution in [2.24, 2.45) is 5.92 Å². The molecule has 0 radical (unpaired) electrons. The lowest BCUT2D eigenvalue weighted by molar-refractivity contribution is -0.125. The predicted octanol–water partition coefficient (Wildman–Crippen LogP) is 4.02. The van der Waals surface area contributed by atoms with Gasteiger partial charge in [-0.05, 0) is 56.4 Å². The molecule has 1 aliphatic heterocycles. The first-order valence-electron chi connectivity index (χ1n) is 10.0. The average molecular weight is 413 g/mol. The summed E-state index contributed by atoms with van der Waals surface area (Å²) in [5.41, 5.74) is 2.15. The second-order valence-electron chi connectivity index (χ2n) is 7.59. The normalized spacial score (nSPS) is 15.1. The van der Waals surface area contributed by atoms with Crippen LogP contribution in [0.2, 0.25) is 0 Å². The van der Waals surface area contributed by atoms with Gasteiger partial charge in [0.2, 0.25) is 5.91 Å². The van der Waals surface area contributed by atoms with Crippen molar-refractivity contribution >= 4 is 33.3 Å². The fourth-order valence-electron chi connectivity index (χ4n) is 3.92. The minimum absolute atomic E-state index is 0.0152. The summed E-state index contributed by atoms with van der Waals surface area (Å²) in [4.78, 5) is 26.1.